The number of rotatable bonds is 0. The second-order valence-corrected chi connectivity index (χ2v) is 0.904. The van der Waals surface area contributed by atoms with Crippen molar-refractivity contribution in [2.45, 2.75) is 0 Å². The first-order valence-corrected chi connectivity index (χ1v) is 1.70. The summed E-state index contributed by atoms with van der Waals surface area (Å²) in [6.45, 7) is 0. The van der Waals surface area contributed by atoms with Crippen LogP contribution >= 0.6 is 13.5 Å². The van der Waals surface area contributed by atoms with Crippen LogP contribution in [-0.4, -0.2) is 61.4 Å². The van der Waals surface area contributed by atoms with Crippen molar-refractivity contribution >= 4 is 64.9 Å². The Morgan fingerprint density at radius 3 is 1.62 bits per heavy atom. The predicted molar refractivity (Wildman–Crippen MR) is 35.4 cm³/mol. The molecule has 4 heteroatoms. The maximum absolute atomic E-state index is 3.67. The zero-order valence-corrected chi connectivity index (χ0v) is 8.55. The molecule has 0 fully saturated rings. The smallest absolute Gasteiger partial charge is 0.115 e. The van der Waals surface area contributed by atoms with E-state index in [1.165, 1.54) is 6.33 Å². The first-order chi connectivity index (χ1) is 3.00. The standard InChI is InChI=1S/C4H4N2.K.S/c1-2-5-4-6-3-1;;/h1-4H;;. The largest absolute Gasteiger partial charge is 0.245 e. The van der Waals surface area contributed by atoms with E-state index < -0.39 is 0 Å². The molecule has 0 bridgehead atoms. The van der Waals surface area contributed by atoms with E-state index in [-0.39, 0.29) is 64.9 Å². The Morgan fingerprint density at radius 2 is 1.50 bits per heavy atom. The molecule has 1 heterocycles. The zero-order chi connectivity index (χ0) is 4.24. The van der Waals surface area contributed by atoms with Crippen LogP contribution in [0.1, 0.15) is 0 Å². The Kier molecular flexibility index (Phi) is 11.9. The topological polar surface area (TPSA) is 25.8 Å². The molecule has 0 spiro atoms. The van der Waals surface area contributed by atoms with Gasteiger partial charge in [0.25, 0.3) is 0 Å². The van der Waals surface area contributed by atoms with Crippen LogP contribution in [0.25, 0.3) is 0 Å². The van der Waals surface area contributed by atoms with Crippen molar-refractivity contribution < 1.29 is 0 Å². The van der Waals surface area contributed by atoms with Gasteiger partial charge in [0, 0.05) is 77.3 Å². The Labute approximate surface area is 98.0 Å². The average Bonchev–Trinajstić information content (AvgIpc) is 1.72. The summed E-state index contributed by atoms with van der Waals surface area (Å²) in [6.07, 6.45) is 4.88. The molecule has 0 unspecified atom stereocenters. The molecule has 8 heavy (non-hydrogen) atoms. The molecule has 0 aliphatic rings. The van der Waals surface area contributed by atoms with Gasteiger partial charge >= 0.3 is 0 Å². The molecule has 3 radical (unpaired) electrons. The minimum Gasteiger partial charge on any atom is -0.245 e. The van der Waals surface area contributed by atoms with E-state index in [1.807, 2.05) is 0 Å². The van der Waals surface area contributed by atoms with Crippen LogP contribution in [0.2, 0.25) is 0 Å². The van der Waals surface area contributed by atoms with Gasteiger partial charge in [-0.05, 0) is 6.07 Å². The zero-order valence-electron chi connectivity index (χ0n) is 4.61. The van der Waals surface area contributed by atoms with Gasteiger partial charge in [0.1, 0.15) is 6.33 Å². The second-order valence-electron chi connectivity index (χ2n) is 0.904. The molecule has 1 aromatic heterocycles. The van der Waals surface area contributed by atoms with Crippen molar-refractivity contribution in [3.8, 4) is 0 Å². The molecule has 0 aliphatic carbocycles. The summed E-state index contributed by atoms with van der Waals surface area (Å²) in [5.41, 5.74) is 0. The third-order valence-electron chi connectivity index (χ3n) is 0.478. The molecule has 2 nitrogen and oxygen atoms in total. The maximum atomic E-state index is 3.67. The molecule has 1 rings (SSSR count). The summed E-state index contributed by atoms with van der Waals surface area (Å²) in [4.78, 5) is 7.35. The minimum atomic E-state index is 0. The predicted octanol–water partition coefficient (Wildman–Crippen LogP) is 0.744. The third-order valence-corrected chi connectivity index (χ3v) is 0.478. The van der Waals surface area contributed by atoms with E-state index in [4.69, 9.17) is 0 Å². The van der Waals surface area contributed by atoms with Gasteiger partial charge in [-0.3, -0.25) is 0 Å². The molecule has 37 valence electrons. The molecular weight excluding hydrogens is 147 g/mol. The van der Waals surface area contributed by atoms with Crippen molar-refractivity contribution in [3.05, 3.63) is 24.8 Å². The monoisotopic (exact) mass is 151 g/mol. The molecule has 0 saturated carbocycles. The molecule has 0 N–H and O–H groups in total. The van der Waals surface area contributed by atoms with Crippen LogP contribution < -0.4 is 0 Å². The second kappa shape index (κ2) is 8.07. The van der Waals surface area contributed by atoms with Gasteiger partial charge in [0.05, 0.1) is 0 Å². The molecular formula is C4H4KN2S. The van der Waals surface area contributed by atoms with Crippen molar-refractivity contribution in [3.63, 3.8) is 0 Å². The average molecular weight is 151 g/mol. The Morgan fingerprint density at radius 1 is 1.00 bits per heavy atom. The summed E-state index contributed by atoms with van der Waals surface area (Å²) in [5.74, 6) is 0. The normalized spacial score (nSPS) is 6.00. The summed E-state index contributed by atoms with van der Waals surface area (Å²) >= 11 is 0. The molecule has 0 aromatic carbocycles. The van der Waals surface area contributed by atoms with E-state index in [0.29, 0.717) is 0 Å². The Balaban J connectivity index is 0. The summed E-state index contributed by atoms with van der Waals surface area (Å²) in [6, 6.07) is 1.78. The quantitative estimate of drug-likeness (QED) is 0.511. The van der Waals surface area contributed by atoms with Crippen LogP contribution in [0, 0.1) is 0 Å². The molecule has 0 aliphatic heterocycles. The molecule has 1 aromatic rings. The maximum Gasteiger partial charge on any atom is 0.115 e. The summed E-state index contributed by atoms with van der Waals surface area (Å²) in [7, 11) is 0. The fourth-order valence-corrected chi connectivity index (χ4v) is 0.253. The van der Waals surface area contributed by atoms with Gasteiger partial charge in [0.2, 0.25) is 0 Å². The van der Waals surface area contributed by atoms with Crippen LogP contribution in [0.3, 0.4) is 0 Å². The van der Waals surface area contributed by atoms with Crippen LogP contribution in [0.5, 0.6) is 0 Å². The molecule has 0 atom stereocenters. The van der Waals surface area contributed by atoms with E-state index in [2.05, 4.69) is 9.97 Å². The Hall–Kier alpha value is 1.07. The number of hydrogen-bond acceptors (Lipinski definition) is 2. The fourth-order valence-electron chi connectivity index (χ4n) is 0.253. The van der Waals surface area contributed by atoms with Gasteiger partial charge in [-0.15, -0.1) is 0 Å². The number of aromatic nitrogens is 2. The van der Waals surface area contributed by atoms with E-state index >= 15 is 0 Å². The number of hydrogen-bond donors (Lipinski definition) is 0. The van der Waals surface area contributed by atoms with Crippen LogP contribution in [0.4, 0.5) is 0 Å². The van der Waals surface area contributed by atoms with E-state index in [0.717, 1.165) is 0 Å². The van der Waals surface area contributed by atoms with Gasteiger partial charge < -0.3 is 0 Å². The fraction of sp³-hybridized carbons (Fsp3) is 0. The van der Waals surface area contributed by atoms with Crippen LogP contribution in [-0.2, 0) is 0 Å². The van der Waals surface area contributed by atoms with Gasteiger partial charge in [-0.25, -0.2) is 9.97 Å². The van der Waals surface area contributed by atoms with Crippen molar-refractivity contribution in [2.24, 2.45) is 0 Å². The van der Waals surface area contributed by atoms with Gasteiger partial charge in [-0.2, -0.15) is 0 Å². The Bertz CT molecular complexity index is 86.0. The SMILES string of the molecule is [K].[S].c1cncnc1. The first kappa shape index (κ1) is 11.8. The summed E-state index contributed by atoms with van der Waals surface area (Å²) < 4.78 is 0. The van der Waals surface area contributed by atoms with Gasteiger partial charge in [0.15, 0.2) is 0 Å². The van der Waals surface area contributed by atoms with E-state index in [1.54, 1.807) is 18.5 Å². The van der Waals surface area contributed by atoms with Crippen molar-refractivity contribution in [1.82, 2.24) is 9.97 Å². The van der Waals surface area contributed by atoms with Crippen molar-refractivity contribution in [2.75, 3.05) is 0 Å². The van der Waals surface area contributed by atoms with Crippen molar-refractivity contribution in [1.29, 1.82) is 0 Å². The summed E-state index contributed by atoms with van der Waals surface area (Å²) in [5, 5.41) is 0. The molecule has 0 amide bonds. The number of nitrogens with zero attached hydrogens (tertiary/aromatic N) is 2. The first-order valence-electron chi connectivity index (χ1n) is 1.70. The minimum absolute atomic E-state index is 0. The third kappa shape index (κ3) is 5.21. The van der Waals surface area contributed by atoms with Gasteiger partial charge in [-0.1, -0.05) is 0 Å². The van der Waals surface area contributed by atoms with E-state index in [9.17, 15) is 0 Å². The van der Waals surface area contributed by atoms with Crippen LogP contribution in [0.15, 0.2) is 24.8 Å². The molecule has 0 saturated heterocycles.